The van der Waals surface area contributed by atoms with E-state index in [1.54, 1.807) is 0 Å². The van der Waals surface area contributed by atoms with Gasteiger partial charge in [0.15, 0.2) is 0 Å². The van der Waals surface area contributed by atoms with E-state index in [-0.39, 0.29) is 5.91 Å². The van der Waals surface area contributed by atoms with Crippen LogP contribution in [0.2, 0.25) is 0 Å². The lowest BCUT2D eigenvalue weighted by Gasteiger charge is -2.32. The van der Waals surface area contributed by atoms with Gasteiger partial charge < -0.3 is 10.2 Å². The Kier molecular flexibility index (Phi) is 6.16. The highest BCUT2D eigenvalue weighted by atomic mass is 16.1. The molecule has 2 heterocycles. The Labute approximate surface area is 155 Å². The Balaban J connectivity index is 1.62. The van der Waals surface area contributed by atoms with Crippen LogP contribution in [0, 0.1) is 0 Å². The average molecular weight is 355 g/mol. The SMILES string of the molecule is CCc1nc2ccc(C(=O)NCCN3CCN(C)CC3)cc2nc1CC. The molecular weight excluding hydrogens is 326 g/mol. The van der Waals surface area contributed by atoms with Crippen LogP contribution in [-0.4, -0.2) is 72.0 Å². The average Bonchev–Trinajstić information content (AvgIpc) is 2.67. The molecule has 1 saturated heterocycles. The number of likely N-dealkylation sites (N-methyl/N-ethyl adjacent to an activating group) is 1. The number of nitrogens with zero attached hydrogens (tertiary/aromatic N) is 4. The van der Waals surface area contributed by atoms with Gasteiger partial charge in [0.05, 0.1) is 22.4 Å². The van der Waals surface area contributed by atoms with Gasteiger partial charge in [-0.15, -0.1) is 0 Å². The molecule has 0 atom stereocenters. The molecule has 3 rings (SSSR count). The van der Waals surface area contributed by atoms with Crippen molar-refractivity contribution < 1.29 is 4.79 Å². The van der Waals surface area contributed by atoms with Crippen molar-refractivity contribution >= 4 is 16.9 Å². The molecule has 2 aromatic rings. The van der Waals surface area contributed by atoms with Crippen LogP contribution in [0.5, 0.6) is 0 Å². The zero-order valence-corrected chi connectivity index (χ0v) is 16.1. The zero-order valence-electron chi connectivity index (χ0n) is 16.1. The van der Waals surface area contributed by atoms with Crippen LogP contribution >= 0.6 is 0 Å². The second-order valence-corrected chi connectivity index (χ2v) is 6.93. The number of rotatable bonds is 6. The van der Waals surface area contributed by atoms with Crippen molar-refractivity contribution in [3.63, 3.8) is 0 Å². The molecule has 0 radical (unpaired) electrons. The maximum atomic E-state index is 12.5. The molecule has 1 aromatic heterocycles. The molecule has 1 fully saturated rings. The molecule has 1 aromatic carbocycles. The molecule has 6 nitrogen and oxygen atoms in total. The second kappa shape index (κ2) is 8.56. The lowest BCUT2D eigenvalue weighted by molar-refractivity contribution is 0.0941. The molecule has 0 bridgehead atoms. The van der Waals surface area contributed by atoms with Crippen LogP contribution in [0.4, 0.5) is 0 Å². The highest BCUT2D eigenvalue weighted by Crippen LogP contribution is 2.16. The highest BCUT2D eigenvalue weighted by molar-refractivity contribution is 5.97. The summed E-state index contributed by atoms with van der Waals surface area (Å²) in [6.45, 7) is 10.1. The van der Waals surface area contributed by atoms with Gasteiger partial charge in [-0.05, 0) is 38.1 Å². The van der Waals surface area contributed by atoms with Gasteiger partial charge in [-0.1, -0.05) is 13.8 Å². The predicted octanol–water partition coefficient (Wildman–Crippen LogP) is 1.73. The van der Waals surface area contributed by atoms with E-state index in [9.17, 15) is 4.79 Å². The maximum Gasteiger partial charge on any atom is 0.251 e. The summed E-state index contributed by atoms with van der Waals surface area (Å²) in [4.78, 5) is 26.6. The molecule has 0 spiro atoms. The van der Waals surface area contributed by atoms with Crippen LogP contribution in [0.15, 0.2) is 18.2 Å². The standard InChI is InChI=1S/C20H29N5O/c1-4-16-17(5-2)23-19-14-15(6-7-18(19)22-16)20(26)21-8-9-25-12-10-24(3)11-13-25/h6-7,14H,4-5,8-13H2,1-3H3,(H,21,26). The number of hydrogen-bond donors (Lipinski definition) is 1. The summed E-state index contributed by atoms with van der Waals surface area (Å²) in [6.07, 6.45) is 1.73. The predicted molar refractivity (Wildman–Crippen MR) is 105 cm³/mol. The topological polar surface area (TPSA) is 61.4 Å². The molecule has 0 unspecified atom stereocenters. The van der Waals surface area contributed by atoms with Crippen molar-refractivity contribution in [1.82, 2.24) is 25.1 Å². The van der Waals surface area contributed by atoms with Gasteiger partial charge in [0.2, 0.25) is 0 Å². The van der Waals surface area contributed by atoms with Gasteiger partial charge >= 0.3 is 0 Å². The monoisotopic (exact) mass is 355 g/mol. The van der Waals surface area contributed by atoms with E-state index in [4.69, 9.17) is 4.98 Å². The van der Waals surface area contributed by atoms with Gasteiger partial charge in [-0.3, -0.25) is 9.69 Å². The third kappa shape index (κ3) is 4.37. The lowest BCUT2D eigenvalue weighted by Crippen LogP contribution is -2.46. The van der Waals surface area contributed by atoms with Crippen LogP contribution in [-0.2, 0) is 12.8 Å². The minimum Gasteiger partial charge on any atom is -0.351 e. The number of nitrogens with one attached hydrogen (secondary N) is 1. The van der Waals surface area contributed by atoms with E-state index in [0.29, 0.717) is 12.1 Å². The first-order valence-corrected chi connectivity index (χ1v) is 9.59. The molecule has 0 saturated carbocycles. The molecule has 140 valence electrons. The number of carbonyl (C=O) groups excluding carboxylic acids is 1. The van der Waals surface area contributed by atoms with E-state index < -0.39 is 0 Å². The van der Waals surface area contributed by atoms with Gasteiger partial charge in [0.1, 0.15) is 0 Å². The van der Waals surface area contributed by atoms with Crippen LogP contribution in [0.3, 0.4) is 0 Å². The number of benzene rings is 1. The first kappa shape index (κ1) is 18.7. The molecule has 26 heavy (non-hydrogen) atoms. The molecule has 1 aliphatic heterocycles. The van der Waals surface area contributed by atoms with Crippen molar-refractivity contribution in [1.29, 1.82) is 0 Å². The number of amides is 1. The maximum absolute atomic E-state index is 12.5. The number of aryl methyl sites for hydroxylation is 2. The second-order valence-electron chi connectivity index (χ2n) is 6.93. The Morgan fingerprint density at radius 3 is 2.35 bits per heavy atom. The lowest BCUT2D eigenvalue weighted by atomic mass is 10.1. The third-order valence-electron chi connectivity index (χ3n) is 5.06. The fraction of sp³-hybridized carbons (Fsp3) is 0.550. The van der Waals surface area contributed by atoms with Gasteiger partial charge in [-0.25, -0.2) is 9.97 Å². The quantitative estimate of drug-likeness (QED) is 0.855. The summed E-state index contributed by atoms with van der Waals surface area (Å²) >= 11 is 0. The van der Waals surface area contributed by atoms with Crippen LogP contribution in [0.25, 0.3) is 11.0 Å². The Morgan fingerprint density at radius 2 is 1.69 bits per heavy atom. The molecule has 0 aliphatic carbocycles. The van der Waals surface area contributed by atoms with E-state index >= 15 is 0 Å². The number of hydrogen-bond acceptors (Lipinski definition) is 5. The smallest absolute Gasteiger partial charge is 0.251 e. The first-order valence-electron chi connectivity index (χ1n) is 9.59. The minimum absolute atomic E-state index is 0.0413. The Bertz CT molecular complexity index is 768. The van der Waals surface area contributed by atoms with Crippen molar-refractivity contribution in [2.24, 2.45) is 0 Å². The van der Waals surface area contributed by atoms with Crippen LogP contribution < -0.4 is 5.32 Å². The summed E-state index contributed by atoms with van der Waals surface area (Å²) < 4.78 is 0. The van der Waals surface area contributed by atoms with E-state index in [1.165, 1.54) is 0 Å². The molecule has 1 amide bonds. The fourth-order valence-corrected chi connectivity index (χ4v) is 3.34. The third-order valence-corrected chi connectivity index (χ3v) is 5.06. The molecule has 6 heteroatoms. The fourth-order valence-electron chi connectivity index (χ4n) is 3.34. The summed E-state index contributed by atoms with van der Waals surface area (Å²) in [5, 5.41) is 3.03. The first-order chi connectivity index (χ1) is 12.6. The van der Waals surface area contributed by atoms with Crippen molar-refractivity contribution in [2.75, 3.05) is 46.3 Å². The van der Waals surface area contributed by atoms with Gasteiger partial charge in [0.25, 0.3) is 5.91 Å². The highest BCUT2D eigenvalue weighted by Gasteiger charge is 2.14. The van der Waals surface area contributed by atoms with Gasteiger partial charge in [-0.2, -0.15) is 0 Å². The largest absolute Gasteiger partial charge is 0.351 e. The number of aromatic nitrogens is 2. The van der Waals surface area contributed by atoms with Crippen molar-refractivity contribution in [3.8, 4) is 0 Å². The molecular formula is C20H29N5O. The zero-order chi connectivity index (χ0) is 18.5. The molecule has 1 aliphatic rings. The van der Waals surface area contributed by atoms with E-state index in [2.05, 4.69) is 41.0 Å². The van der Waals surface area contributed by atoms with Crippen LogP contribution in [0.1, 0.15) is 35.6 Å². The summed E-state index contributed by atoms with van der Waals surface area (Å²) in [5.74, 6) is -0.0413. The molecule has 1 N–H and O–H groups in total. The van der Waals surface area contributed by atoms with Gasteiger partial charge in [0, 0.05) is 44.8 Å². The number of carbonyl (C=O) groups is 1. The summed E-state index contributed by atoms with van der Waals surface area (Å²) in [7, 11) is 2.15. The normalized spacial score (nSPS) is 16.1. The number of piperazine rings is 1. The Hall–Kier alpha value is -2.05. The Morgan fingerprint density at radius 1 is 1.04 bits per heavy atom. The van der Waals surface area contributed by atoms with E-state index in [0.717, 1.165) is 68.0 Å². The van der Waals surface area contributed by atoms with Crippen molar-refractivity contribution in [2.45, 2.75) is 26.7 Å². The van der Waals surface area contributed by atoms with E-state index in [1.807, 2.05) is 18.2 Å². The van der Waals surface area contributed by atoms with Crippen molar-refractivity contribution in [3.05, 3.63) is 35.2 Å². The summed E-state index contributed by atoms with van der Waals surface area (Å²) in [6, 6.07) is 5.59. The summed E-state index contributed by atoms with van der Waals surface area (Å²) in [5.41, 5.74) is 4.37. The number of fused-ring (bicyclic) bond motifs is 1. The minimum atomic E-state index is -0.0413.